The maximum atomic E-state index is 13.2. The van der Waals surface area contributed by atoms with Gasteiger partial charge in [-0.15, -0.1) is 0 Å². The average Bonchev–Trinajstić information content (AvgIpc) is 2.97. The maximum Gasteiger partial charge on any atom is 0.430 e. The Labute approximate surface area is 244 Å². The Morgan fingerprint density at radius 2 is 1.40 bits per heavy atom. The van der Waals surface area contributed by atoms with Crippen LogP contribution < -0.4 is 0 Å². The van der Waals surface area contributed by atoms with E-state index in [2.05, 4.69) is 14.8 Å². The molecule has 2 N–H and O–H groups in total. The number of nitrogens with zero attached hydrogens (tertiary/aromatic N) is 3. The number of pyridine rings is 1. The quantitative estimate of drug-likeness (QED) is 0.255. The van der Waals surface area contributed by atoms with Gasteiger partial charge in [0.15, 0.2) is 0 Å². The number of halogens is 6. The smallest absolute Gasteiger partial charge is 0.430 e. The van der Waals surface area contributed by atoms with Crippen LogP contribution in [0.15, 0.2) is 73.1 Å². The molecule has 7 nitrogen and oxygen atoms in total. The molecule has 0 amide bonds. The van der Waals surface area contributed by atoms with E-state index in [0.29, 0.717) is 49.4 Å². The van der Waals surface area contributed by atoms with Crippen molar-refractivity contribution in [1.82, 2.24) is 14.8 Å². The van der Waals surface area contributed by atoms with E-state index >= 15 is 0 Å². The fourth-order valence-electron chi connectivity index (χ4n) is 5.09. The van der Waals surface area contributed by atoms with Gasteiger partial charge in [-0.25, -0.2) is 0 Å². The van der Waals surface area contributed by atoms with Gasteiger partial charge in [-0.05, 0) is 34.4 Å². The second-order valence-electron chi connectivity index (χ2n) is 10.3. The molecule has 4 rings (SSSR count). The lowest BCUT2D eigenvalue weighted by atomic mass is 9.90. The number of piperazine rings is 1. The van der Waals surface area contributed by atoms with Gasteiger partial charge in [0.2, 0.25) is 0 Å². The van der Waals surface area contributed by atoms with Crippen LogP contribution in [0.25, 0.3) is 11.1 Å². The summed E-state index contributed by atoms with van der Waals surface area (Å²) in [6.45, 7) is 2.83. The van der Waals surface area contributed by atoms with Crippen LogP contribution in [0.1, 0.15) is 23.1 Å². The van der Waals surface area contributed by atoms with Gasteiger partial charge < -0.3 is 14.9 Å². The summed E-state index contributed by atoms with van der Waals surface area (Å²) in [7, 11) is 0. The molecule has 1 atom stereocenters. The summed E-state index contributed by atoms with van der Waals surface area (Å²) in [4.78, 5) is 20.8. The normalized spacial score (nSPS) is 17.2. The molecule has 13 heteroatoms. The van der Waals surface area contributed by atoms with Crippen molar-refractivity contribution in [3.8, 4) is 11.1 Å². The number of aliphatic hydroxyl groups is 2. The van der Waals surface area contributed by atoms with Crippen LogP contribution in [0.2, 0.25) is 0 Å². The molecule has 43 heavy (non-hydrogen) atoms. The molecule has 1 fully saturated rings. The maximum absolute atomic E-state index is 13.2. The number of aliphatic hydroxyl groups excluding tert-OH is 1. The van der Waals surface area contributed by atoms with Crippen LogP contribution >= 0.6 is 0 Å². The molecule has 0 unspecified atom stereocenters. The molecule has 1 aliphatic rings. The Morgan fingerprint density at radius 3 is 1.95 bits per heavy atom. The number of alkyl halides is 6. The number of rotatable bonds is 10. The van der Waals surface area contributed by atoms with Gasteiger partial charge >= 0.3 is 18.3 Å². The highest BCUT2D eigenvalue weighted by Crippen LogP contribution is 2.50. The number of ether oxygens (including phenoxy) is 1. The van der Waals surface area contributed by atoms with E-state index in [1.54, 1.807) is 24.5 Å². The molecule has 1 aliphatic heterocycles. The van der Waals surface area contributed by atoms with E-state index in [0.717, 1.165) is 29.8 Å². The second kappa shape index (κ2) is 13.4. The van der Waals surface area contributed by atoms with Crippen LogP contribution in [-0.2, 0) is 28.2 Å². The van der Waals surface area contributed by atoms with Crippen LogP contribution in [0, 0.1) is 0 Å². The van der Waals surface area contributed by atoms with Gasteiger partial charge in [-0.2, -0.15) is 26.3 Å². The van der Waals surface area contributed by atoms with Crippen molar-refractivity contribution >= 4 is 5.97 Å². The van der Waals surface area contributed by atoms with Crippen molar-refractivity contribution in [3.63, 3.8) is 0 Å². The second-order valence-corrected chi connectivity index (χ2v) is 10.3. The molecule has 0 aliphatic carbocycles. The van der Waals surface area contributed by atoms with Crippen molar-refractivity contribution in [1.29, 1.82) is 0 Å². The summed E-state index contributed by atoms with van der Waals surface area (Å²) in [6.07, 6.45) is -8.33. The molecule has 1 saturated heterocycles. The monoisotopic (exact) mass is 611 g/mol. The lowest BCUT2D eigenvalue weighted by Crippen LogP contribution is -2.53. The number of carbonyl (C=O) groups is 1. The van der Waals surface area contributed by atoms with Crippen molar-refractivity contribution < 1.29 is 46.1 Å². The summed E-state index contributed by atoms with van der Waals surface area (Å²) in [5.74, 6) is -0.403. The molecular formula is C30H31F6N3O4. The highest BCUT2D eigenvalue weighted by molar-refractivity contribution is 5.70. The summed E-state index contributed by atoms with van der Waals surface area (Å²) in [5.41, 5.74) is -3.35. The largest absolute Gasteiger partial charge is 0.463 e. The first-order valence-corrected chi connectivity index (χ1v) is 13.5. The first-order chi connectivity index (χ1) is 20.3. The third-order valence-corrected chi connectivity index (χ3v) is 7.40. The van der Waals surface area contributed by atoms with Crippen LogP contribution in [0.3, 0.4) is 0 Å². The Bertz CT molecular complexity index is 1320. The molecule has 0 radical (unpaired) electrons. The Balaban J connectivity index is 1.43. The van der Waals surface area contributed by atoms with Crippen molar-refractivity contribution in [2.45, 2.75) is 43.5 Å². The number of benzene rings is 2. The highest BCUT2D eigenvalue weighted by Gasteiger charge is 2.71. The highest BCUT2D eigenvalue weighted by atomic mass is 19.4. The molecule has 0 bridgehead atoms. The molecule has 0 saturated carbocycles. The van der Waals surface area contributed by atoms with Gasteiger partial charge in [-0.1, -0.05) is 48.5 Å². The predicted molar refractivity (Wildman–Crippen MR) is 144 cm³/mol. The molecule has 3 aromatic rings. The van der Waals surface area contributed by atoms with Crippen LogP contribution in [-0.4, -0.2) is 82.2 Å². The van der Waals surface area contributed by atoms with E-state index in [9.17, 15) is 36.2 Å². The lowest BCUT2D eigenvalue weighted by molar-refractivity contribution is -0.376. The summed E-state index contributed by atoms with van der Waals surface area (Å²) in [5, 5.41) is 18.6. The zero-order chi connectivity index (χ0) is 31.3. The van der Waals surface area contributed by atoms with Crippen LogP contribution in [0.5, 0.6) is 0 Å². The van der Waals surface area contributed by atoms with Crippen molar-refractivity contribution in [3.05, 3.63) is 89.7 Å². The third kappa shape index (κ3) is 7.71. The SMILES string of the molecule is O=C(C[C@H]1CN(Cc2ccc(-c3ccc(C(O)(C(F)(F)F)C(F)(F)F)cc3)cc2)CCN1Cc1ccncc1)OCCO. The van der Waals surface area contributed by atoms with E-state index in [-0.39, 0.29) is 25.7 Å². The molecule has 2 heterocycles. The van der Waals surface area contributed by atoms with E-state index in [1.807, 2.05) is 24.3 Å². The number of hydrogen-bond donors (Lipinski definition) is 2. The molecular weight excluding hydrogens is 580 g/mol. The molecule has 0 spiro atoms. The van der Waals surface area contributed by atoms with Crippen molar-refractivity contribution in [2.75, 3.05) is 32.8 Å². The minimum absolute atomic E-state index is 0.0692. The van der Waals surface area contributed by atoms with E-state index in [4.69, 9.17) is 9.84 Å². The van der Waals surface area contributed by atoms with Gasteiger partial charge in [0.05, 0.1) is 13.0 Å². The fourth-order valence-corrected chi connectivity index (χ4v) is 5.09. The van der Waals surface area contributed by atoms with E-state index < -0.39 is 29.5 Å². The number of carbonyl (C=O) groups excluding carboxylic acids is 1. The fraction of sp³-hybridized carbons (Fsp3) is 0.400. The Kier molecular flexibility index (Phi) is 10.1. The van der Waals surface area contributed by atoms with Gasteiger partial charge in [0.25, 0.3) is 5.60 Å². The first kappa shape index (κ1) is 32.4. The number of esters is 1. The standard InChI is InChI=1S/C30H31F6N3O4/c31-29(32,33)28(42,30(34,35)36)25-7-5-24(6-8-25)23-3-1-21(2-4-23)18-38-13-14-39(19-22-9-11-37-12-10-22)26(20-38)17-27(41)43-16-15-40/h1-12,26,40,42H,13-20H2/t26-/m0/s1. The average molecular weight is 612 g/mol. The number of hydrogen-bond acceptors (Lipinski definition) is 7. The minimum atomic E-state index is -5.95. The zero-order valence-corrected chi connectivity index (χ0v) is 23.0. The first-order valence-electron chi connectivity index (χ1n) is 13.5. The summed E-state index contributed by atoms with van der Waals surface area (Å²) in [6, 6.07) is 14.2. The third-order valence-electron chi connectivity index (χ3n) is 7.40. The van der Waals surface area contributed by atoms with E-state index in [1.165, 1.54) is 0 Å². The summed E-state index contributed by atoms with van der Waals surface area (Å²) >= 11 is 0. The zero-order valence-electron chi connectivity index (χ0n) is 23.0. The molecule has 232 valence electrons. The molecule has 1 aromatic heterocycles. The number of aromatic nitrogens is 1. The summed E-state index contributed by atoms with van der Waals surface area (Å²) < 4.78 is 84.2. The van der Waals surface area contributed by atoms with Gasteiger partial charge in [0.1, 0.15) is 6.61 Å². The lowest BCUT2D eigenvalue weighted by Gasteiger charge is -2.41. The minimum Gasteiger partial charge on any atom is -0.463 e. The van der Waals surface area contributed by atoms with Gasteiger partial charge in [-0.3, -0.25) is 19.6 Å². The predicted octanol–water partition coefficient (Wildman–Crippen LogP) is 4.67. The topological polar surface area (TPSA) is 86.1 Å². The van der Waals surface area contributed by atoms with Crippen molar-refractivity contribution in [2.24, 2.45) is 0 Å². The Hall–Kier alpha value is -3.52. The van der Waals surface area contributed by atoms with Gasteiger partial charge in [0, 0.05) is 56.7 Å². The van der Waals surface area contributed by atoms with Crippen LogP contribution in [0.4, 0.5) is 26.3 Å². The Morgan fingerprint density at radius 1 is 0.837 bits per heavy atom. The molecule has 2 aromatic carbocycles.